The highest BCUT2D eigenvalue weighted by Crippen LogP contribution is 2.18. The van der Waals surface area contributed by atoms with Crippen LogP contribution in [0.5, 0.6) is 0 Å². The van der Waals surface area contributed by atoms with Crippen molar-refractivity contribution in [3.8, 4) is 0 Å². The molecule has 6 heteroatoms. The fourth-order valence-electron chi connectivity index (χ4n) is 2.41. The maximum Gasteiger partial charge on any atom is 0.220 e. The molecular formula is C16H22N4O2. The molecule has 0 radical (unpaired) electrons. The van der Waals surface area contributed by atoms with E-state index in [4.69, 9.17) is 5.53 Å². The number of benzene rings is 1. The Labute approximate surface area is 130 Å². The standard InChI is InChI=1S/C16H22N4O2/c1-3-7-13(11-16(22)19-20-17)10-15(21)18-12(2)14-8-5-4-6-9-14/h4-6,8-9,12-13H,3,7,10-11H2,1-2H3,(H,18,21)/t12-,13-/m1/s1. The molecule has 0 aromatic heterocycles. The Morgan fingerprint density at radius 1 is 1.27 bits per heavy atom. The summed E-state index contributed by atoms with van der Waals surface area (Å²) in [4.78, 5) is 26.0. The van der Waals surface area contributed by atoms with Crippen molar-refractivity contribution >= 4 is 11.8 Å². The lowest BCUT2D eigenvalue weighted by atomic mass is 9.95. The first-order chi connectivity index (χ1) is 10.6. The minimum Gasteiger partial charge on any atom is -0.350 e. The summed E-state index contributed by atoms with van der Waals surface area (Å²) in [5.74, 6) is -0.695. The number of carbonyl (C=O) groups is 2. The van der Waals surface area contributed by atoms with Gasteiger partial charge in [-0.05, 0) is 35.5 Å². The molecule has 1 rings (SSSR count). The van der Waals surface area contributed by atoms with E-state index < -0.39 is 5.91 Å². The Bertz CT molecular complexity index is 538. The van der Waals surface area contributed by atoms with E-state index >= 15 is 0 Å². The predicted octanol–water partition coefficient (Wildman–Crippen LogP) is 3.90. The number of rotatable bonds is 8. The fourth-order valence-corrected chi connectivity index (χ4v) is 2.41. The molecule has 22 heavy (non-hydrogen) atoms. The van der Waals surface area contributed by atoms with Crippen molar-refractivity contribution in [2.75, 3.05) is 0 Å². The molecule has 0 aliphatic heterocycles. The van der Waals surface area contributed by atoms with E-state index in [-0.39, 0.29) is 30.7 Å². The summed E-state index contributed by atoms with van der Waals surface area (Å²) in [5, 5.41) is 6.01. The lowest BCUT2D eigenvalue weighted by Crippen LogP contribution is -2.28. The van der Waals surface area contributed by atoms with E-state index in [0.29, 0.717) is 0 Å². The van der Waals surface area contributed by atoms with E-state index in [1.54, 1.807) is 0 Å². The largest absolute Gasteiger partial charge is 0.350 e. The first-order valence-corrected chi connectivity index (χ1v) is 7.49. The molecule has 0 saturated heterocycles. The van der Waals surface area contributed by atoms with Crippen molar-refractivity contribution in [3.05, 3.63) is 46.3 Å². The molecule has 0 heterocycles. The molecule has 0 bridgehead atoms. The van der Waals surface area contributed by atoms with Crippen molar-refractivity contribution in [2.24, 2.45) is 11.0 Å². The molecule has 0 unspecified atom stereocenters. The van der Waals surface area contributed by atoms with Crippen molar-refractivity contribution < 1.29 is 9.59 Å². The highest BCUT2D eigenvalue weighted by molar-refractivity contribution is 5.80. The van der Waals surface area contributed by atoms with Crippen LogP contribution in [0, 0.1) is 5.92 Å². The second-order valence-electron chi connectivity index (χ2n) is 5.35. The van der Waals surface area contributed by atoms with Crippen LogP contribution in [0.1, 0.15) is 51.1 Å². The smallest absolute Gasteiger partial charge is 0.220 e. The summed E-state index contributed by atoms with van der Waals surface area (Å²) >= 11 is 0. The minimum atomic E-state index is -0.509. The molecule has 0 fully saturated rings. The van der Waals surface area contributed by atoms with Gasteiger partial charge in [0.2, 0.25) is 11.8 Å². The Hall–Kier alpha value is -2.33. The molecule has 2 atom stereocenters. The van der Waals surface area contributed by atoms with Crippen molar-refractivity contribution in [1.82, 2.24) is 5.32 Å². The van der Waals surface area contributed by atoms with Gasteiger partial charge in [-0.2, -0.15) is 0 Å². The normalized spacial score (nSPS) is 12.8. The Morgan fingerprint density at radius 2 is 1.95 bits per heavy atom. The highest BCUT2D eigenvalue weighted by Gasteiger charge is 2.18. The molecule has 1 N–H and O–H groups in total. The summed E-state index contributed by atoms with van der Waals surface area (Å²) in [6.07, 6.45) is 2.00. The average molecular weight is 302 g/mol. The average Bonchev–Trinajstić information content (AvgIpc) is 2.48. The fraction of sp³-hybridized carbons (Fsp3) is 0.500. The minimum absolute atomic E-state index is 0.0798. The van der Waals surface area contributed by atoms with Crippen LogP contribution in [0.4, 0.5) is 0 Å². The molecule has 0 saturated carbocycles. The van der Waals surface area contributed by atoms with Crippen molar-refractivity contribution in [2.45, 2.75) is 45.6 Å². The van der Waals surface area contributed by atoms with Crippen LogP contribution in [0.25, 0.3) is 10.4 Å². The van der Waals surface area contributed by atoms with Gasteiger partial charge in [0.05, 0.1) is 6.04 Å². The number of azide groups is 1. The number of hydrogen-bond donors (Lipinski definition) is 1. The van der Waals surface area contributed by atoms with E-state index in [0.717, 1.165) is 18.4 Å². The Kier molecular flexibility index (Phi) is 7.72. The number of nitrogens with one attached hydrogen (secondary N) is 1. The lowest BCUT2D eigenvalue weighted by molar-refractivity contribution is -0.123. The molecule has 6 nitrogen and oxygen atoms in total. The van der Waals surface area contributed by atoms with Crippen LogP contribution in [-0.4, -0.2) is 11.8 Å². The van der Waals surface area contributed by atoms with Gasteiger partial charge in [0.1, 0.15) is 0 Å². The van der Waals surface area contributed by atoms with Crippen LogP contribution >= 0.6 is 0 Å². The molecule has 2 amide bonds. The van der Waals surface area contributed by atoms with Gasteiger partial charge in [-0.15, -0.1) is 0 Å². The molecule has 1 aromatic rings. The molecule has 1 aromatic carbocycles. The second-order valence-corrected chi connectivity index (χ2v) is 5.35. The molecule has 0 spiro atoms. The SMILES string of the molecule is CCC[C@@H](CC(=O)N=[N+]=[N-])CC(=O)N[C@H](C)c1ccccc1. The third-order valence-electron chi connectivity index (χ3n) is 3.47. The van der Waals surface area contributed by atoms with Crippen LogP contribution in [0.15, 0.2) is 35.4 Å². The van der Waals surface area contributed by atoms with Crippen LogP contribution in [-0.2, 0) is 9.59 Å². The molecular weight excluding hydrogens is 280 g/mol. The number of hydrogen-bond acceptors (Lipinski definition) is 2. The van der Waals surface area contributed by atoms with Gasteiger partial charge in [0.25, 0.3) is 0 Å². The zero-order valence-electron chi connectivity index (χ0n) is 13.0. The topological polar surface area (TPSA) is 94.9 Å². The third-order valence-corrected chi connectivity index (χ3v) is 3.47. The monoisotopic (exact) mass is 302 g/mol. The van der Waals surface area contributed by atoms with E-state index in [1.807, 2.05) is 44.2 Å². The van der Waals surface area contributed by atoms with Gasteiger partial charge in [0.15, 0.2) is 0 Å². The third kappa shape index (κ3) is 6.41. The first-order valence-electron chi connectivity index (χ1n) is 7.49. The van der Waals surface area contributed by atoms with Crippen LogP contribution < -0.4 is 5.32 Å². The first kappa shape index (κ1) is 17.7. The zero-order valence-corrected chi connectivity index (χ0v) is 13.0. The quantitative estimate of drug-likeness (QED) is 0.448. The van der Waals surface area contributed by atoms with E-state index in [9.17, 15) is 9.59 Å². The van der Waals surface area contributed by atoms with E-state index in [1.165, 1.54) is 0 Å². The van der Waals surface area contributed by atoms with Gasteiger partial charge in [-0.1, -0.05) is 43.7 Å². The molecule has 118 valence electrons. The number of carbonyl (C=O) groups excluding carboxylic acids is 2. The van der Waals surface area contributed by atoms with Crippen LogP contribution in [0.3, 0.4) is 0 Å². The van der Waals surface area contributed by atoms with Gasteiger partial charge in [0, 0.05) is 17.8 Å². The summed E-state index contributed by atoms with van der Waals surface area (Å²) < 4.78 is 0. The lowest BCUT2D eigenvalue weighted by Gasteiger charge is -2.18. The summed E-state index contributed by atoms with van der Waals surface area (Å²) in [5.41, 5.74) is 9.30. The Morgan fingerprint density at radius 3 is 2.55 bits per heavy atom. The summed E-state index contributed by atoms with van der Waals surface area (Å²) in [6, 6.07) is 9.62. The molecule has 0 aliphatic rings. The highest BCUT2D eigenvalue weighted by atomic mass is 16.2. The molecule has 0 aliphatic carbocycles. The van der Waals surface area contributed by atoms with E-state index in [2.05, 4.69) is 15.3 Å². The van der Waals surface area contributed by atoms with Crippen molar-refractivity contribution in [1.29, 1.82) is 0 Å². The van der Waals surface area contributed by atoms with Crippen LogP contribution in [0.2, 0.25) is 0 Å². The van der Waals surface area contributed by atoms with Gasteiger partial charge in [-0.25, -0.2) is 0 Å². The second kappa shape index (κ2) is 9.58. The Balaban J connectivity index is 2.55. The number of amides is 2. The maximum absolute atomic E-state index is 12.1. The van der Waals surface area contributed by atoms with Gasteiger partial charge >= 0.3 is 0 Å². The van der Waals surface area contributed by atoms with Crippen molar-refractivity contribution in [3.63, 3.8) is 0 Å². The number of nitrogens with zero attached hydrogens (tertiary/aromatic N) is 3. The zero-order chi connectivity index (χ0) is 16.4. The maximum atomic E-state index is 12.1. The summed E-state index contributed by atoms with van der Waals surface area (Å²) in [7, 11) is 0. The predicted molar refractivity (Wildman–Crippen MR) is 84.8 cm³/mol. The van der Waals surface area contributed by atoms with Gasteiger partial charge in [-0.3, -0.25) is 9.59 Å². The summed E-state index contributed by atoms with van der Waals surface area (Å²) in [6.45, 7) is 3.92. The van der Waals surface area contributed by atoms with Gasteiger partial charge < -0.3 is 5.32 Å².